The lowest BCUT2D eigenvalue weighted by Crippen LogP contribution is -2.18. The number of nitrogen functional groups attached to an aromatic ring is 1. The number of carbonyl (C=O) groups is 1. The molecule has 0 saturated carbocycles. The molecule has 0 unspecified atom stereocenters. The Morgan fingerprint density at radius 1 is 1.20 bits per heavy atom. The molecule has 0 spiro atoms. The second-order valence-electron chi connectivity index (χ2n) is 7.17. The molecular weight excluding hydrogens is 398 g/mol. The number of hydrogen-bond donors (Lipinski definition) is 2. The van der Waals surface area contributed by atoms with Crippen LogP contribution in [-0.2, 0) is 17.8 Å². The average Bonchev–Trinajstić information content (AvgIpc) is 3.10. The number of ether oxygens (including phenoxy) is 1. The molecule has 0 aliphatic rings. The molecule has 0 aliphatic heterocycles. The van der Waals surface area contributed by atoms with Gasteiger partial charge in [-0.2, -0.15) is 0 Å². The highest BCUT2D eigenvalue weighted by Crippen LogP contribution is 2.20. The predicted molar refractivity (Wildman–Crippen MR) is 120 cm³/mol. The number of thioether (sulfide) groups is 1. The van der Waals surface area contributed by atoms with Crippen molar-refractivity contribution in [3.8, 4) is 5.75 Å². The number of amides is 1. The minimum absolute atomic E-state index is 0.126. The van der Waals surface area contributed by atoms with Crippen molar-refractivity contribution in [1.29, 1.82) is 0 Å². The van der Waals surface area contributed by atoms with Crippen LogP contribution in [0.15, 0.2) is 53.7 Å². The highest BCUT2D eigenvalue weighted by molar-refractivity contribution is 7.99. The van der Waals surface area contributed by atoms with E-state index >= 15 is 0 Å². The van der Waals surface area contributed by atoms with Crippen LogP contribution in [0.2, 0.25) is 0 Å². The molecule has 1 amide bonds. The minimum Gasteiger partial charge on any atom is -0.486 e. The molecule has 1 heterocycles. The first-order valence-electron chi connectivity index (χ1n) is 9.90. The second kappa shape index (κ2) is 10.2. The maximum Gasteiger partial charge on any atom is 0.234 e. The van der Waals surface area contributed by atoms with Crippen molar-refractivity contribution < 1.29 is 9.53 Å². The number of carbonyl (C=O) groups excluding carboxylic acids is 1. The Labute approximate surface area is 181 Å². The van der Waals surface area contributed by atoms with Gasteiger partial charge in [0, 0.05) is 5.69 Å². The van der Waals surface area contributed by atoms with Crippen molar-refractivity contribution in [2.75, 3.05) is 16.9 Å². The molecule has 158 valence electrons. The molecule has 0 fully saturated rings. The van der Waals surface area contributed by atoms with Gasteiger partial charge in [-0.3, -0.25) is 4.79 Å². The number of aromatic nitrogens is 3. The van der Waals surface area contributed by atoms with Gasteiger partial charge in [-0.15, -0.1) is 10.2 Å². The van der Waals surface area contributed by atoms with Crippen molar-refractivity contribution in [3.63, 3.8) is 0 Å². The first-order valence-corrected chi connectivity index (χ1v) is 10.9. The summed E-state index contributed by atoms with van der Waals surface area (Å²) in [4.78, 5) is 12.2. The summed E-state index contributed by atoms with van der Waals surface area (Å²) in [6, 6.07) is 15.8. The Morgan fingerprint density at radius 2 is 1.97 bits per heavy atom. The van der Waals surface area contributed by atoms with Crippen molar-refractivity contribution in [3.05, 3.63) is 65.5 Å². The van der Waals surface area contributed by atoms with E-state index in [-0.39, 0.29) is 18.3 Å². The zero-order valence-electron chi connectivity index (χ0n) is 17.5. The van der Waals surface area contributed by atoms with Gasteiger partial charge in [0.15, 0.2) is 5.82 Å². The molecule has 0 aliphatic carbocycles. The van der Waals surface area contributed by atoms with Gasteiger partial charge in [0.2, 0.25) is 11.1 Å². The molecule has 0 radical (unpaired) electrons. The quantitative estimate of drug-likeness (QED) is 0.398. The fourth-order valence-electron chi connectivity index (χ4n) is 2.80. The van der Waals surface area contributed by atoms with E-state index in [1.807, 2.05) is 48.5 Å². The summed E-state index contributed by atoms with van der Waals surface area (Å²) in [5.74, 6) is 7.82. The Bertz CT molecular complexity index is 985. The van der Waals surface area contributed by atoms with Crippen LogP contribution < -0.4 is 15.9 Å². The smallest absolute Gasteiger partial charge is 0.234 e. The monoisotopic (exact) mass is 425 g/mol. The molecule has 0 bridgehead atoms. The van der Waals surface area contributed by atoms with Gasteiger partial charge in [-0.05, 0) is 47.7 Å². The predicted octanol–water partition coefficient (Wildman–Crippen LogP) is 3.99. The maximum atomic E-state index is 12.2. The summed E-state index contributed by atoms with van der Waals surface area (Å²) in [7, 11) is 0. The average molecular weight is 426 g/mol. The summed E-state index contributed by atoms with van der Waals surface area (Å²) < 4.78 is 7.11. The van der Waals surface area contributed by atoms with Crippen LogP contribution in [0, 0.1) is 0 Å². The van der Waals surface area contributed by atoms with Gasteiger partial charge in [0.25, 0.3) is 0 Å². The van der Waals surface area contributed by atoms with E-state index in [0.717, 1.165) is 17.9 Å². The van der Waals surface area contributed by atoms with Crippen molar-refractivity contribution in [1.82, 2.24) is 14.9 Å². The van der Waals surface area contributed by atoms with Crippen LogP contribution in [0.25, 0.3) is 0 Å². The molecule has 3 N–H and O–H groups in total. The highest BCUT2D eigenvalue weighted by atomic mass is 32.2. The van der Waals surface area contributed by atoms with E-state index in [0.29, 0.717) is 16.9 Å². The molecule has 7 nitrogen and oxygen atoms in total. The van der Waals surface area contributed by atoms with Crippen LogP contribution in [0.4, 0.5) is 5.69 Å². The molecule has 3 rings (SSSR count). The van der Waals surface area contributed by atoms with E-state index in [1.165, 1.54) is 27.6 Å². The van der Waals surface area contributed by atoms with Crippen molar-refractivity contribution in [2.45, 2.75) is 44.9 Å². The molecule has 0 atom stereocenters. The van der Waals surface area contributed by atoms with E-state index in [4.69, 9.17) is 10.6 Å². The summed E-state index contributed by atoms with van der Waals surface area (Å²) in [6.07, 6.45) is 0.918. The molecular formula is C22H27N5O2S. The van der Waals surface area contributed by atoms with Gasteiger partial charge in [0.05, 0.1) is 5.75 Å². The molecule has 1 aromatic heterocycles. The Kier molecular flexibility index (Phi) is 7.35. The van der Waals surface area contributed by atoms with Crippen molar-refractivity contribution in [2.24, 2.45) is 0 Å². The summed E-state index contributed by atoms with van der Waals surface area (Å²) in [5, 5.41) is 11.5. The largest absolute Gasteiger partial charge is 0.486 e. The lowest BCUT2D eigenvalue weighted by molar-refractivity contribution is -0.113. The van der Waals surface area contributed by atoms with Crippen LogP contribution in [0.3, 0.4) is 0 Å². The van der Waals surface area contributed by atoms with E-state index < -0.39 is 0 Å². The van der Waals surface area contributed by atoms with E-state index in [9.17, 15) is 4.79 Å². The minimum atomic E-state index is -0.126. The van der Waals surface area contributed by atoms with E-state index in [1.54, 1.807) is 0 Å². The Balaban J connectivity index is 1.51. The standard InChI is InChI=1S/C22H27N5O2S/c1-4-16-6-5-7-18(12-16)24-21(28)14-30-22-26-25-20(27(22)23)13-29-19-10-8-17(9-11-19)15(2)3/h5-12,15H,4,13-14,23H2,1-3H3,(H,24,28). The number of nitrogens with two attached hydrogens (primary N) is 1. The second-order valence-corrected chi connectivity index (χ2v) is 8.11. The normalized spacial score (nSPS) is 10.9. The summed E-state index contributed by atoms with van der Waals surface area (Å²) in [5.41, 5.74) is 3.21. The fourth-order valence-corrected chi connectivity index (χ4v) is 3.47. The molecule has 30 heavy (non-hydrogen) atoms. The number of benzene rings is 2. The van der Waals surface area contributed by atoms with Crippen molar-refractivity contribution >= 4 is 23.4 Å². The van der Waals surface area contributed by atoms with Gasteiger partial charge in [-0.1, -0.05) is 56.8 Å². The molecule has 3 aromatic rings. The SMILES string of the molecule is CCc1cccc(NC(=O)CSc2nnc(COc3ccc(C(C)C)cc3)n2N)c1. The summed E-state index contributed by atoms with van der Waals surface area (Å²) >= 11 is 1.23. The van der Waals surface area contributed by atoms with Crippen LogP contribution >= 0.6 is 11.8 Å². The Hall–Kier alpha value is -3.00. The maximum absolute atomic E-state index is 12.2. The first-order chi connectivity index (χ1) is 14.5. The zero-order chi connectivity index (χ0) is 21.5. The van der Waals surface area contributed by atoms with Gasteiger partial charge in [0.1, 0.15) is 12.4 Å². The fraction of sp³-hybridized carbons (Fsp3) is 0.318. The third-order valence-corrected chi connectivity index (χ3v) is 5.54. The van der Waals surface area contributed by atoms with Crippen LogP contribution in [0.5, 0.6) is 5.75 Å². The highest BCUT2D eigenvalue weighted by Gasteiger charge is 2.13. The zero-order valence-corrected chi connectivity index (χ0v) is 18.3. The van der Waals surface area contributed by atoms with E-state index in [2.05, 4.69) is 36.3 Å². The molecule has 0 saturated heterocycles. The van der Waals surface area contributed by atoms with Gasteiger partial charge < -0.3 is 15.9 Å². The third kappa shape index (κ3) is 5.76. The lowest BCUT2D eigenvalue weighted by atomic mass is 10.0. The number of hydrogen-bond acceptors (Lipinski definition) is 6. The number of aryl methyl sites for hydroxylation is 1. The lowest BCUT2D eigenvalue weighted by Gasteiger charge is -2.09. The molecule has 2 aromatic carbocycles. The number of nitrogens with zero attached hydrogens (tertiary/aromatic N) is 3. The number of nitrogens with one attached hydrogen (secondary N) is 1. The Morgan fingerprint density at radius 3 is 2.67 bits per heavy atom. The molecule has 8 heteroatoms. The van der Waals surface area contributed by atoms with Crippen LogP contribution in [-0.4, -0.2) is 26.5 Å². The van der Waals surface area contributed by atoms with Gasteiger partial charge >= 0.3 is 0 Å². The third-order valence-electron chi connectivity index (χ3n) is 4.60. The van der Waals surface area contributed by atoms with Crippen LogP contribution in [0.1, 0.15) is 43.6 Å². The number of anilines is 1. The first kappa shape index (κ1) is 21.7. The topological polar surface area (TPSA) is 95.1 Å². The van der Waals surface area contributed by atoms with Gasteiger partial charge in [-0.25, -0.2) is 4.68 Å². The summed E-state index contributed by atoms with van der Waals surface area (Å²) in [6.45, 7) is 6.57. The number of rotatable bonds is 9.